The fraction of sp³-hybridized carbons (Fsp3) is 0.611. The average Bonchev–Trinajstić information content (AvgIpc) is 2.54. The van der Waals surface area contributed by atoms with Crippen molar-refractivity contribution < 1.29 is 9.53 Å². The zero-order valence-electron chi connectivity index (χ0n) is 13.8. The lowest BCUT2D eigenvalue weighted by Crippen LogP contribution is -2.49. The summed E-state index contributed by atoms with van der Waals surface area (Å²) >= 11 is 0. The van der Waals surface area contributed by atoms with Crippen molar-refractivity contribution in [1.29, 1.82) is 0 Å². The normalized spacial score (nSPS) is 24.5. The van der Waals surface area contributed by atoms with Crippen molar-refractivity contribution in [1.82, 2.24) is 9.80 Å². The predicted octanol–water partition coefficient (Wildman–Crippen LogP) is 2.49. The summed E-state index contributed by atoms with van der Waals surface area (Å²) in [5.41, 5.74) is 3.33. The summed E-state index contributed by atoms with van der Waals surface area (Å²) in [7, 11) is 3.59. The highest BCUT2D eigenvalue weighted by molar-refractivity contribution is 5.94. The molecule has 0 aromatic heterocycles. The first-order chi connectivity index (χ1) is 10.6. The van der Waals surface area contributed by atoms with E-state index in [-0.39, 0.29) is 12.0 Å². The van der Waals surface area contributed by atoms with E-state index in [2.05, 4.69) is 24.0 Å². The van der Waals surface area contributed by atoms with Gasteiger partial charge in [-0.15, -0.1) is 0 Å². The molecule has 4 heteroatoms. The van der Waals surface area contributed by atoms with Crippen molar-refractivity contribution >= 4 is 5.91 Å². The Labute approximate surface area is 133 Å². The largest absolute Gasteiger partial charge is 0.371 e. The molecule has 2 aliphatic rings. The third-order valence-corrected chi connectivity index (χ3v) is 4.82. The lowest BCUT2D eigenvalue weighted by molar-refractivity contribution is -0.0801. The van der Waals surface area contributed by atoms with Crippen molar-refractivity contribution in [3.05, 3.63) is 34.9 Å². The van der Waals surface area contributed by atoms with Gasteiger partial charge in [-0.05, 0) is 49.1 Å². The van der Waals surface area contributed by atoms with Crippen LogP contribution in [-0.2, 0) is 11.2 Å². The summed E-state index contributed by atoms with van der Waals surface area (Å²) in [5, 5.41) is 0. The van der Waals surface area contributed by atoms with Gasteiger partial charge in [-0.3, -0.25) is 9.69 Å². The molecular formula is C18H26N2O2. The molecule has 2 atom stereocenters. The molecule has 4 nitrogen and oxygen atoms in total. The van der Waals surface area contributed by atoms with Gasteiger partial charge in [-0.1, -0.05) is 13.0 Å². The van der Waals surface area contributed by atoms with E-state index in [9.17, 15) is 4.79 Å². The highest BCUT2D eigenvalue weighted by Crippen LogP contribution is 2.38. The third kappa shape index (κ3) is 2.77. The van der Waals surface area contributed by atoms with Gasteiger partial charge >= 0.3 is 0 Å². The Morgan fingerprint density at radius 3 is 2.95 bits per heavy atom. The number of amides is 1. The fourth-order valence-corrected chi connectivity index (χ4v) is 3.74. The molecule has 0 saturated carbocycles. The molecule has 1 aromatic rings. The Morgan fingerprint density at radius 1 is 1.41 bits per heavy atom. The first kappa shape index (κ1) is 15.5. The standard InChI is InChI=1S/C18H26N2O2/c1-4-9-20-10-11-22-17-15-12-14(18(21)19(2)3)6-5-13(15)7-8-16(17)20/h5-6,12,16-17H,4,7-11H2,1-3H3/t16-,17-/m1/s1. The predicted molar refractivity (Wildman–Crippen MR) is 87.1 cm³/mol. The number of aryl methyl sites for hydroxylation is 1. The van der Waals surface area contributed by atoms with E-state index >= 15 is 0 Å². The van der Waals surface area contributed by atoms with Gasteiger partial charge in [0, 0.05) is 32.2 Å². The van der Waals surface area contributed by atoms with Crippen LogP contribution in [0.3, 0.4) is 0 Å². The van der Waals surface area contributed by atoms with E-state index in [4.69, 9.17) is 4.74 Å². The molecule has 0 bridgehead atoms. The Bertz CT molecular complexity index is 554. The van der Waals surface area contributed by atoms with Crippen molar-refractivity contribution in [2.75, 3.05) is 33.8 Å². The molecule has 120 valence electrons. The smallest absolute Gasteiger partial charge is 0.253 e. The molecule has 0 spiro atoms. The zero-order chi connectivity index (χ0) is 15.7. The second-order valence-electron chi connectivity index (χ2n) is 6.55. The van der Waals surface area contributed by atoms with Gasteiger partial charge in [-0.2, -0.15) is 0 Å². The monoisotopic (exact) mass is 302 g/mol. The summed E-state index contributed by atoms with van der Waals surface area (Å²) in [6.07, 6.45) is 3.53. The summed E-state index contributed by atoms with van der Waals surface area (Å²) in [5.74, 6) is 0.0612. The number of carbonyl (C=O) groups is 1. The molecule has 3 rings (SSSR count). The molecule has 1 amide bonds. The Kier molecular flexibility index (Phi) is 4.50. The third-order valence-electron chi connectivity index (χ3n) is 4.82. The van der Waals surface area contributed by atoms with Crippen LogP contribution in [0.15, 0.2) is 18.2 Å². The number of rotatable bonds is 3. The van der Waals surface area contributed by atoms with E-state index in [1.54, 1.807) is 19.0 Å². The van der Waals surface area contributed by atoms with Crippen LogP contribution >= 0.6 is 0 Å². The first-order valence-corrected chi connectivity index (χ1v) is 8.32. The molecule has 0 N–H and O–H groups in total. The van der Waals surface area contributed by atoms with Crippen molar-refractivity contribution in [2.24, 2.45) is 0 Å². The number of nitrogens with zero attached hydrogens (tertiary/aromatic N) is 2. The van der Waals surface area contributed by atoms with Gasteiger partial charge in [0.1, 0.15) is 0 Å². The van der Waals surface area contributed by atoms with E-state index < -0.39 is 0 Å². The van der Waals surface area contributed by atoms with Gasteiger partial charge in [0.05, 0.1) is 12.7 Å². The molecule has 1 aromatic carbocycles. The van der Waals surface area contributed by atoms with Crippen molar-refractivity contribution in [3.8, 4) is 0 Å². The number of fused-ring (bicyclic) bond motifs is 3. The number of carbonyl (C=O) groups excluding carboxylic acids is 1. The molecule has 0 unspecified atom stereocenters. The van der Waals surface area contributed by atoms with Crippen LogP contribution in [-0.4, -0.2) is 55.5 Å². The molecule has 1 fully saturated rings. The minimum absolute atomic E-state index is 0.0612. The molecule has 1 aliphatic heterocycles. The van der Waals surface area contributed by atoms with E-state index in [0.717, 1.165) is 38.1 Å². The highest BCUT2D eigenvalue weighted by Gasteiger charge is 2.37. The van der Waals surface area contributed by atoms with Gasteiger partial charge in [0.25, 0.3) is 5.91 Å². The number of hydrogen-bond acceptors (Lipinski definition) is 3. The zero-order valence-corrected chi connectivity index (χ0v) is 13.8. The first-order valence-electron chi connectivity index (χ1n) is 8.32. The van der Waals surface area contributed by atoms with E-state index in [0.29, 0.717) is 6.04 Å². The Morgan fingerprint density at radius 2 is 2.23 bits per heavy atom. The van der Waals surface area contributed by atoms with Crippen LogP contribution in [0.1, 0.15) is 47.4 Å². The quantitative estimate of drug-likeness (QED) is 0.860. The van der Waals surface area contributed by atoms with Crippen LogP contribution in [0, 0.1) is 0 Å². The van der Waals surface area contributed by atoms with E-state index in [1.165, 1.54) is 17.5 Å². The van der Waals surface area contributed by atoms with Crippen LogP contribution in [0.2, 0.25) is 0 Å². The Balaban J connectivity index is 1.91. The minimum Gasteiger partial charge on any atom is -0.371 e. The second kappa shape index (κ2) is 6.39. The maximum Gasteiger partial charge on any atom is 0.253 e. The Hall–Kier alpha value is -1.39. The van der Waals surface area contributed by atoms with Gasteiger partial charge in [-0.25, -0.2) is 0 Å². The van der Waals surface area contributed by atoms with Crippen molar-refractivity contribution in [3.63, 3.8) is 0 Å². The van der Waals surface area contributed by atoms with Gasteiger partial charge in [0.2, 0.25) is 0 Å². The van der Waals surface area contributed by atoms with Crippen molar-refractivity contribution in [2.45, 2.75) is 38.3 Å². The molecule has 0 radical (unpaired) electrons. The van der Waals surface area contributed by atoms with Gasteiger partial charge in [0.15, 0.2) is 0 Å². The molecule has 1 aliphatic carbocycles. The molecule has 1 heterocycles. The summed E-state index contributed by atoms with van der Waals surface area (Å²) in [6.45, 7) is 5.18. The second-order valence-corrected chi connectivity index (χ2v) is 6.55. The van der Waals surface area contributed by atoms with Crippen LogP contribution < -0.4 is 0 Å². The summed E-state index contributed by atoms with van der Waals surface area (Å²) < 4.78 is 6.11. The van der Waals surface area contributed by atoms with Gasteiger partial charge < -0.3 is 9.64 Å². The molecular weight excluding hydrogens is 276 g/mol. The lowest BCUT2D eigenvalue weighted by Gasteiger charge is -2.44. The highest BCUT2D eigenvalue weighted by atomic mass is 16.5. The number of benzene rings is 1. The summed E-state index contributed by atoms with van der Waals surface area (Å²) in [6, 6.07) is 6.59. The van der Waals surface area contributed by atoms with Crippen LogP contribution in [0.4, 0.5) is 0 Å². The molecule has 22 heavy (non-hydrogen) atoms. The SMILES string of the molecule is CCCN1CCO[C@@H]2c3cc(C(=O)N(C)C)ccc3CC[C@H]21. The van der Waals surface area contributed by atoms with E-state index in [1.807, 2.05) is 6.07 Å². The lowest BCUT2D eigenvalue weighted by atomic mass is 9.83. The average molecular weight is 302 g/mol. The maximum absolute atomic E-state index is 12.2. The maximum atomic E-state index is 12.2. The fourth-order valence-electron chi connectivity index (χ4n) is 3.74. The molecule has 1 saturated heterocycles. The number of morpholine rings is 1. The summed E-state index contributed by atoms with van der Waals surface area (Å²) in [4.78, 5) is 16.4. The number of ether oxygens (including phenoxy) is 1. The topological polar surface area (TPSA) is 32.8 Å². The van der Waals surface area contributed by atoms with Crippen LogP contribution in [0.25, 0.3) is 0 Å². The minimum atomic E-state index is 0.0612. The number of hydrogen-bond donors (Lipinski definition) is 0. The van der Waals surface area contributed by atoms with Crippen LogP contribution in [0.5, 0.6) is 0 Å².